The summed E-state index contributed by atoms with van der Waals surface area (Å²) in [6.07, 6.45) is 2.86. The fourth-order valence-electron chi connectivity index (χ4n) is 2.14. The highest BCUT2D eigenvalue weighted by Crippen LogP contribution is 2.28. The molecule has 138 valence electrons. The normalized spacial score (nSPS) is 14.0. The van der Waals surface area contributed by atoms with E-state index >= 15 is 0 Å². The third kappa shape index (κ3) is 8.03. The molecule has 1 aromatic carbocycles. The Kier molecular flexibility index (Phi) is 6.82. The highest BCUT2D eigenvalue weighted by Gasteiger charge is 2.20. The van der Waals surface area contributed by atoms with Crippen molar-refractivity contribution < 1.29 is 19.1 Å². The lowest BCUT2D eigenvalue weighted by Crippen LogP contribution is -2.27. The quantitative estimate of drug-likeness (QED) is 0.704. The van der Waals surface area contributed by atoms with Gasteiger partial charge in [-0.2, -0.15) is 0 Å². The van der Waals surface area contributed by atoms with Gasteiger partial charge in [-0.1, -0.05) is 0 Å². The Hall–Kier alpha value is -2.08. The topological polar surface area (TPSA) is 76.7 Å². The number of hydrogen-bond donors (Lipinski definition) is 2. The molecule has 0 radical (unpaired) electrons. The second-order valence-corrected chi connectivity index (χ2v) is 7.33. The smallest absolute Gasteiger partial charge is 0.412 e. The number of amides is 2. The highest BCUT2D eigenvalue weighted by molar-refractivity contribution is 5.95. The summed E-state index contributed by atoms with van der Waals surface area (Å²) in [7, 11) is 0. The van der Waals surface area contributed by atoms with Crippen molar-refractivity contribution >= 4 is 17.7 Å². The number of hydrogen-bond acceptors (Lipinski definition) is 4. The van der Waals surface area contributed by atoms with Crippen LogP contribution >= 0.6 is 0 Å². The molecule has 25 heavy (non-hydrogen) atoms. The lowest BCUT2D eigenvalue weighted by atomic mass is 10.2. The van der Waals surface area contributed by atoms with Gasteiger partial charge in [0.15, 0.2) is 0 Å². The molecule has 2 rings (SSSR count). The number of anilines is 1. The van der Waals surface area contributed by atoms with Crippen molar-refractivity contribution in [3.05, 3.63) is 29.8 Å². The molecule has 0 atom stereocenters. The van der Waals surface area contributed by atoms with Crippen LogP contribution in [0.25, 0.3) is 0 Å². The van der Waals surface area contributed by atoms with E-state index in [0.717, 1.165) is 18.9 Å². The summed E-state index contributed by atoms with van der Waals surface area (Å²) >= 11 is 0. The number of carbonyl (C=O) groups is 2. The van der Waals surface area contributed by atoms with E-state index in [1.807, 2.05) is 0 Å². The molecule has 0 saturated heterocycles. The van der Waals surface area contributed by atoms with Crippen molar-refractivity contribution in [2.75, 3.05) is 25.1 Å². The summed E-state index contributed by atoms with van der Waals surface area (Å²) < 4.78 is 10.7. The molecular formula is C19H28N2O4. The minimum absolute atomic E-state index is 0.133. The maximum atomic E-state index is 12.1. The van der Waals surface area contributed by atoms with Gasteiger partial charge in [0.05, 0.1) is 0 Å². The zero-order valence-electron chi connectivity index (χ0n) is 15.3. The van der Waals surface area contributed by atoms with E-state index in [1.54, 1.807) is 45.0 Å². The van der Waals surface area contributed by atoms with Crippen LogP contribution in [-0.4, -0.2) is 37.4 Å². The van der Waals surface area contributed by atoms with Crippen molar-refractivity contribution in [2.45, 2.75) is 45.6 Å². The van der Waals surface area contributed by atoms with Crippen LogP contribution in [0.4, 0.5) is 10.5 Å². The van der Waals surface area contributed by atoms with Crippen LogP contribution in [0, 0.1) is 5.92 Å². The van der Waals surface area contributed by atoms with Gasteiger partial charge in [0.1, 0.15) is 5.60 Å². The monoisotopic (exact) mass is 348 g/mol. The molecule has 2 amide bonds. The molecule has 1 aliphatic rings. The van der Waals surface area contributed by atoms with Gasteiger partial charge >= 0.3 is 6.09 Å². The minimum atomic E-state index is -0.549. The Labute approximate surface area is 149 Å². The molecule has 0 unspecified atom stereocenters. The van der Waals surface area contributed by atoms with E-state index < -0.39 is 11.7 Å². The summed E-state index contributed by atoms with van der Waals surface area (Å²) in [6.45, 7) is 7.52. The van der Waals surface area contributed by atoms with Crippen LogP contribution in [-0.2, 0) is 9.47 Å². The Morgan fingerprint density at radius 1 is 1.16 bits per heavy atom. The average Bonchev–Trinajstić information content (AvgIpc) is 3.33. The molecule has 1 fully saturated rings. The maximum Gasteiger partial charge on any atom is 0.412 e. The standard InChI is InChI=1S/C19H28N2O4/c1-19(2,3)25-18(23)21-16-9-7-15(8-10-16)17(22)20-11-4-12-24-13-14-5-6-14/h7-10,14H,4-6,11-13H2,1-3H3,(H,20,22)(H,21,23). The van der Waals surface area contributed by atoms with Crippen LogP contribution in [0.5, 0.6) is 0 Å². The van der Waals surface area contributed by atoms with Gasteiger partial charge in [-0.3, -0.25) is 10.1 Å². The molecule has 6 nitrogen and oxygen atoms in total. The number of carbonyl (C=O) groups excluding carboxylic acids is 2. The molecule has 1 aliphatic carbocycles. The first kappa shape index (κ1) is 19.2. The van der Waals surface area contributed by atoms with Gasteiger partial charge in [-0.05, 0) is 70.2 Å². The van der Waals surface area contributed by atoms with Crippen molar-refractivity contribution in [3.8, 4) is 0 Å². The van der Waals surface area contributed by atoms with Gasteiger partial charge in [0.2, 0.25) is 0 Å². The third-order valence-corrected chi connectivity index (χ3v) is 3.59. The summed E-state index contributed by atoms with van der Waals surface area (Å²) in [4.78, 5) is 23.7. The predicted molar refractivity (Wildman–Crippen MR) is 96.8 cm³/mol. The SMILES string of the molecule is CC(C)(C)OC(=O)Nc1ccc(C(=O)NCCCOCC2CC2)cc1. The number of rotatable bonds is 8. The fourth-order valence-corrected chi connectivity index (χ4v) is 2.14. The van der Waals surface area contributed by atoms with Crippen LogP contribution in [0.15, 0.2) is 24.3 Å². The lowest BCUT2D eigenvalue weighted by molar-refractivity contribution is 0.0635. The molecule has 2 N–H and O–H groups in total. The first-order valence-electron chi connectivity index (χ1n) is 8.79. The molecule has 0 aliphatic heterocycles. The summed E-state index contributed by atoms with van der Waals surface area (Å²) in [5.41, 5.74) is 0.583. The van der Waals surface area contributed by atoms with E-state index in [4.69, 9.17) is 9.47 Å². The Morgan fingerprint density at radius 2 is 1.84 bits per heavy atom. The van der Waals surface area contributed by atoms with E-state index in [1.165, 1.54) is 12.8 Å². The first-order valence-corrected chi connectivity index (χ1v) is 8.79. The molecular weight excluding hydrogens is 320 g/mol. The van der Waals surface area contributed by atoms with E-state index in [0.29, 0.717) is 24.4 Å². The maximum absolute atomic E-state index is 12.1. The number of nitrogens with one attached hydrogen (secondary N) is 2. The van der Waals surface area contributed by atoms with Gasteiger partial charge in [-0.25, -0.2) is 4.79 Å². The van der Waals surface area contributed by atoms with E-state index in [9.17, 15) is 9.59 Å². The Morgan fingerprint density at radius 3 is 2.44 bits per heavy atom. The summed E-state index contributed by atoms with van der Waals surface area (Å²) in [5.74, 6) is 0.633. The largest absolute Gasteiger partial charge is 0.444 e. The van der Waals surface area contributed by atoms with Crippen LogP contribution < -0.4 is 10.6 Å². The second kappa shape index (κ2) is 8.85. The molecule has 6 heteroatoms. The molecule has 0 heterocycles. The van der Waals surface area contributed by atoms with Gasteiger partial charge in [-0.15, -0.1) is 0 Å². The van der Waals surface area contributed by atoms with E-state index in [-0.39, 0.29) is 5.91 Å². The van der Waals surface area contributed by atoms with Crippen molar-refractivity contribution in [1.82, 2.24) is 5.32 Å². The molecule has 0 bridgehead atoms. The fraction of sp³-hybridized carbons (Fsp3) is 0.579. The molecule has 0 aromatic heterocycles. The van der Waals surface area contributed by atoms with Gasteiger partial charge in [0, 0.05) is 31.0 Å². The lowest BCUT2D eigenvalue weighted by Gasteiger charge is -2.19. The van der Waals surface area contributed by atoms with Gasteiger partial charge < -0.3 is 14.8 Å². The number of ether oxygens (including phenoxy) is 2. The Bertz CT molecular complexity index is 574. The molecule has 0 spiro atoms. The van der Waals surface area contributed by atoms with Crippen LogP contribution in [0.1, 0.15) is 50.4 Å². The number of benzene rings is 1. The van der Waals surface area contributed by atoms with E-state index in [2.05, 4.69) is 10.6 Å². The summed E-state index contributed by atoms with van der Waals surface area (Å²) in [5, 5.41) is 5.50. The second-order valence-electron chi connectivity index (χ2n) is 7.33. The average molecular weight is 348 g/mol. The predicted octanol–water partition coefficient (Wildman–Crippen LogP) is 3.58. The van der Waals surface area contributed by atoms with Gasteiger partial charge in [0.25, 0.3) is 5.91 Å². The summed E-state index contributed by atoms with van der Waals surface area (Å²) in [6, 6.07) is 6.70. The Balaban J connectivity index is 1.67. The van der Waals surface area contributed by atoms with Crippen molar-refractivity contribution in [1.29, 1.82) is 0 Å². The zero-order chi connectivity index (χ0) is 18.3. The first-order chi connectivity index (χ1) is 11.8. The van der Waals surface area contributed by atoms with Crippen LogP contribution in [0.3, 0.4) is 0 Å². The van der Waals surface area contributed by atoms with Crippen molar-refractivity contribution in [3.63, 3.8) is 0 Å². The van der Waals surface area contributed by atoms with Crippen molar-refractivity contribution in [2.24, 2.45) is 5.92 Å². The molecule has 1 aromatic rings. The zero-order valence-corrected chi connectivity index (χ0v) is 15.3. The highest BCUT2D eigenvalue weighted by atomic mass is 16.6. The van der Waals surface area contributed by atoms with Crippen LogP contribution in [0.2, 0.25) is 0 Å². The molecule has 1 saturated carbocycles. The third-order valence-electron chi connectivity index (χ3n) is 3.59. The minimum Gasteiger partial charge on any atom is -0.444 e.